The van der Waals surface area contributed by atoms with Gasteiger partial charge in [0.15, 0.2) is 6.10 Å². The number of hydrogen-bond acceptors (Lipinski definition) is 8. The molecule has 0 bridgehead atoms. The minimum atomic E-state index is -1.08. The van der Waals surface area contributed by atoms with E-state index in [9.17, 15) is 19.7 Å². The van der Waals surface area contributed by atoms with Crippen molar-refractivity contribution in [2.75, 3.05) is 24.2 Å². The molecular formula is C25H21N3O7. The van der Waals surface area contributed by atoms with Gasteiger partial charge in [-0.25, -0.2) is 9.96 Å². The van der Waals surface area contributed by atoms with Crippen molar-refractivity contribution < 1.29 is 28.8 Å². The molecule has 2 fully saturated rings. The second-order valence-electron chi connectivity index (χ2n) is 8.05. The molecule has 0 N–H and O–H groups in total. The number of non-ortho nitro benzene ring substituents is 1. The molecule has 3 atom stereocenters. The van der Waals surface area contributed by atoms with E-state index in [0.717, 1.165) is 4.90 Å². The normalized spacial score (nSPS) is 21.3. The fourth-order valence-corrected chi connectivity index (χ4v) is 4.58. The monoisotopic (exact) mass is 475 g/mol. The highest BCUT2D eigenvalue weighted by Gasteiger charge is 2.60. The van der Waals surface area contributed by atoms with E-state index in [4.69, 9.17) is 14.3 Å². The Morgan fingerprint density at radius 1 is 0.886 bits per heavy atom. The number of nitro benzene ring substituents is 1. The number of carbonyl (C=O) groups is 2. The maximum atomic E-state index is 13.7. The van der Waals surface area contributed by atoms with Crippen LogP contribution in [0.1, 0.15) is 11.6 Å². The van der Waals surface area contributed by atoms with Crippen LogP contribution in [0.15, 0.2) is 72.8 Å². The van der Waals surface area contributed by atoms with E-state index in [2.05, 4.69) is 0 Å². The number of anilines is 2. The number of imide groups is 1. The quantitative estimate of drug-likeness (QED) is 0.302. The van der Waals surface area contributed by atoms with Gasteiger partial charge in [-0.05, 0) is 42.5 Å². The third-order valence-corrected chi connectivity index (χ3v) is 6.20. The van der Waals surface area contributed by atoms with Crippen LogP contribution in [-0.4, -0.2) is 37.1 Å². The van der Waals surface area contributed by atoms with Crippen molar-refractivity contribution in [1.29, 1.82) is 0 Å². The molecule has 0 aliphatic carbocycles. The first-order valence-corrected chi connectivity index (χ1v) is 10.8. The molecule has 0 radical (unpaired) electrons. The maximum Gasteiger partial charge on any atom is 0.269 e. The van der Waals surface area contributed by atoms with Gasteiger partial charge < -0.3 is 9.47 Å². The Balaban J connectivity index is 1.60. The van der Waals surface area contributed by atoms with Crippen LogP contribution < -0.4 is 19.4 Å². The lowest BCUT2D eigenvalue weighted by Crippen LogP contribution is -2.37. The first-order valence-electron chi connectivity index (χ1n) is 10.8. The summed E-state index contributed by atoms with van der Waals surface area (Å²) in [7, 11) is 3.06. The number of nitrogens with zero attached hydrogens (tertiary/aromatic N) is 3. The van der Waals surface area contributed by atoms with Gasteiger partial charge in [0.05, 0.1) is 30.5 Å². The number of nitro groups is 1. The minimum Gasteiger partial charge on any atom is -0.497 e. The SMILES string of the molecule is COc1ccc(OC)c([C@@H]2[C@@H]3C(=O)N(c4ccc([N+](=O)[O-])cc4)C(=O)[C@@H]3ON2c2ccccc2)c1. The summed E-state index contributed by atoms with van der Waals surface area (Å²) in [5, 5.41) is 12.6. The molecule has 2 aliphatic rings. The molecule has 2 saturated heterocycles. The Morgan fingerprint density at radius 2 is 1.60 bits per heavy atom. The standard InChI is InChI=1S/C25H21N3O7/c1-33-18-12-13-20(34-2)19(14-18)22-21-23(35-27(22)16-6-4-3-5-7-16)25(30)26(24(21)29)15-8-10-17(11-9-15)28(31)32/h3-14,21-23H,1-2H3/t21-,22+,23+/m0/s1. The third kappa shape index (κ3) is 3.64. The molecule has 35 heavy (non-hydrogen) atoms. The van der Waals surface area contributed by atoms with Crippen molar-refractivity contribution in [3.63, 3.8) is 0 Å². The van der Waals surface area contributed by atoms with Gasteiger partial charge in [-0.15, -0.1) is 0 Å². The average molecular weight is 475 g/mol. The van der Waals surface area contributed by atoms with E-state index in [-0.39, 0.29) is 11.4 Å². The molecule has 2 amide bonds. The van der Waals surface area contributed by atoms with Crippen molar-refractivity contribution in [2.45, 2.75) is 12.1 Å². The lowest BCUT2D eigenvalue weighted by atomic mass is 9.89. The van der Waals surface area contributed by atoms with E-state index in [0.29, 0.717) is 22.7 Å². The number of benzene rings is 3. The minimum absolute atomic E-state index is 0.140. The first kappa shape index (κ1) is 22.4. The zero-order chi connectivity index (χ0) is 24.7. The van der Waals surface area contributed by atoms with Crippen molar-refractivity contribution in [3.05, 3.63) is 88.5 Å². The van der Waals surface area contributed by atoms with Gasteiger partial charge >= 0.3 is 0 Å². The predicted octanol–water partition coefficient (Wildman–Crippen LogP) is 3.66. The van der Waals surface area contributed by atoms with Crippen molar-refractivity contribution in [3.8, 4) is 11.5 Å². The van der Waals surface area contributed by atoms with Gasteiger partial charge in [-0.3, -0.25) is 24.5 Å². The summed E-state index contributed by atoms with van der Waals surface area (Å²) in [6, 6.07) is 19.0. The fraction of sp³-hybridized carbons (Fsp3) is 0.200. The molecular weight excluding hydrogens is 454 g/mol. The van der Waals surface area contributed by atoms with Crippen molar-refractivity contribution >= 4 is 28.9 Å². The molecule has 0 saturated carbocycles. The van der Waals surface area contributed by atoms with Crippen LogP contribution in [0.3, 0.4) is 0 Å². The van der Waals surface area contributed by atoms with Gasteiger partial charge in [-0.2, -0.15) is 0 Å². The molecule has 10 heteroatoms. The van der Waals surface area contributed by atoms with E-state index in [1.807, 2.05) is 30.3 Å². The van der Waals surface area contributed by atoms with Crippen LogP contribution in [0.2, 0.25) is 0 Å². The largest absolute Gasteiger partial charge is 0.497 e. The average Bonchev–Trinajstić information content (AvgIpc) is 3.39. The molecule has 3 aromatic carbocycles. The van der Waals surface area contributed by atoms with Gasteiger partial charge in [0.25, 0.3) is 11.6 Å². The zero-order valence-electron chi connectivity index (χ0n) is 18.9. The molecule has 2 heterocycles. The number of para-hydroxylation sites is 1. The van der Waals surface area contributed by atoms with E-state index < -0.39 is 34.8 Å². The van der Waals surface area contributed by atoms with Crippen LogP contribution in [0.4, 0.5) is 17.1 Å². The molecule has 5 rings (SSSR count). The Kier molecular flexibility index (Phi) is 5.58. The Morgan fingerprint density at radius 3 is 2.23 bits per heavy atom. The molecule has 0 aromatic heterocycles. The fourth-order valence-electron chi connectivity index (χ4n) is 4.58. The number of rotatable bonds is 6. The zero-order valence-corrected chi connectivity index (χ0v) is 18.9. The Bertz CT molecular complexity index is 1300. The number of methoxy groups -OCH3 is 2. The molecule has 0 spiro atoms. The number of amides is 2. The molecule has 10 nitrogen and oxygen atoms in total. The van der Waals surface area contributed by atoms with Crippen LogP contribution in [0, 0.1) is 16.0 Å². The number of hydroxylamine groups is 1. The van der Waals surface area contributed by atoms with Crippen LogP contribution in [0.25, 0.3) is 0 Å². The summed E-state index contributed by atoms with van der Waals surface area (Å²) < 4.78 is 11.0. The van der Waals surface area contributed by atoms with E-state index in [1.165, 1.54) is 38.5 Å². The number of hydrogen-bond donors (Lipinski definition) is 0. The third-order valence-electron chi connectivity index (χ3n) is 6.20. The topological polar surface area (TPSA) is 111 Å². The van der Waals surface area contributed by atoms with Crippen LogP contribution >= 0.6 is 0 Å². The second kappa shape index (κ2) is 8.73. The lowest BCUT2D eigenvalue weighted by molar-refractivity contribution is -0.384. The van der Waals surface area contributed by atoms with Crippen LogP contribution in [0.5, 0.6) is 11.5 Å². The first-order chi connectivity index (χ1) is 16.9. The second-order valence-corrected chi connectivity index (χ2v) is 8.05. The van der Waals surface area contributed by atoms with Crippen LogP contribution in [-0.2, 0) is 14.4 Å². The van der Waals surface area contributed by atoms with Gasteiger partial charge in [0.1, 0.15) is 23.5 Å². The lowest BCUT2D eigenvalue weighted by Gasteiger charge is -2.29. The maximum absolute atomic E-state index is 13.7. The molecule has 0 unspecified atom stereocenters. The summed E-state index contributed by atoms with van der Waals surface area (Å²) in [6.45, 7) is 0. The smallest absolute Gasteiger partial charge is 0.269 e. The molecule has 2 aliphatic heterocycles. The number of fused-ring (bicyclic) bond motifs is 1. The predicted molar refractivity (Wildman–Crippen MR) is 125 cm³/mol. The van der Waals surface area contributed by atoms with Gasteiger partial charge in [0, 0.05) is 17.7 Å². The summed E-state index contributed by atoms with van der Waals surface area (Å²) in [4.78, 5) is 44.8. The summed E-state index contributed by atoms with van der Waals surface area (Å²) >= 11 is 0. The highest BCUT2D eigenvalue weighted by Crippen LogP contribution is 2.50. The van der Waals surface area contributed by atoms with Crippen molar-refractivity contribution in [1.82, 2.24) is 0 Å². The van der Waals surface area contributed by atoms with Gasteiger partial charge in [-0.1, -0.05) is 18.2 Å². The number of carbonyl (C=O) groups excluding carboxylic acids is 2. The van der Waals surface area contributed by atoms with Crippen molar-refractivity contribution in [2.24, 2.45) is 5.92 Å². The molecule has 3 aromatic rings. The Hall–Kier alpha value is -4.44. The van der Waals surface area contributed by atoms with Gasteiger partial charge in [0.2, 0.25) is 5.91 Å². The summed E-state index contributed by atoms with van der Waals surface area (Å²) in [5.74, 6) is -0.837. The van der Waals surface area contributed by atoms with E-state index >= 15 is 0 Å². The molecule has 178 valence electrons. The Labute approximate surface area is 200 Å². The summed E-state index contributed by atoms with van der Waals surface area (Å²) in [6.07, 6.45) is -1.08. The highest BCUT2D eigenvalue weighted by atomic mass is 16.7. The highest BCUT2D eigenvalue weighted by molar-refractivity contribution is 6.24. The number of ether oxygens (including phenoxy) is 2. The summed E-state index contributed by atoms with van der Waals surface area (Å²) in [5.41, 5.74) is 1.39. The van der Waals surface area contributed by atoms with E-state index in [1.54, 1.807) is 23.3 Å².